The van der Waals surface area contributed by atoms with Gasteiger partial charge in [-0.3, -0.25) is 0 Å². The first-order chi connectivity index (χ1) is 13.4. The van der Waals surface area contributed by atoms with Crippen LogP contribution < -0.4 is 9.64 Å². The van der Waals surface area contributed by atoms with Crippen molar-refractivity contribution in [2.45, 2.75) is 59.1 Å². The number of anilines is 2. The second-order valence-electron chi connectivity index (χ2n) is 6.61. The number of benzene rings is 1. The van der Waals surface area contributed by atoms with Crippen molar-refractivity contribution in [1.29, 1.82) is 0 Å². The standard InChI is InChI=1S/C21H28F3N3O/c1-4-7-8-13-28-19-18(21(22,23)24)15-25-20(26-19)27(6-3)17-12-9-11-16(14-17)10-5-2/h9,11-12,14-15H,4-8,10,13H2,1-3H3. The molecule has 0 saturated heterocycles. The summed E-state index contributed by atoms with van der Waals surface area (Å²) in [4.78, 5) is 9.91. The van der Waals surface area contributed by atoms with Crippen molar-refractivity contribution < 1.29 is 17.9 Å². The molecule has 0 amide bonds. The maximum Gasteiger partial charge on any atom is 0.423 e. The molecule has 0 aliphatic carbocycles. The van der Waals surface area contributed by atoms with Crippen molar-refractivity contribution in [1.82, 2.24) is 9.97 Å². The van der Waals surface area contributed by atoms with Gasteiger partial charge in [-0.15, -0.1) is 0 Å². The molecule has 0 saturated carbocycles. The highest BCUT2D eigenvalue weighted by Crippen LogP contribution is 2.36. The summed E-state index contributed by atoms with van der Waals surface area (Å²) in [5.41, 5.74) is 1.08. The van der Waals surface area contributed by atoms with Crippen LogP contribution in [0.15, 0.2) is 30.5 Å². The molecule has 2 aromatic rings. The number of hydrogen-bond donors (Lipinski definition) is 0. The first-order valence-electron chi connectivity index (χ1n) is 9.84. The SMILES string of the molecule is CCCCCOc1nc(N(CC)c2cccc(CCC)c2)ncc1C(F)(F)F. The van der Waals surface area contributed by atoms with E-state index in [1.807, 2.05) is 38.1 Å². The Morgan fingerprint density at radius 1 is 1.07 bits per heavy atom. The van der Waals surface area contributed by atoms with Crippen molar-refractivity contribution in [3.05, 3.63) is 41.6 Å². The zero-order valence-electron chi connectivity index (χ0n) is 16.7. The lowest BCUT2D eigenvalue weighted by Crippen LogP contribution is -2.21. The molecule has 0 aliphatic rings. The summed E-state index contributed by atoms with van der Waals surface area (Å²) >= 11 is 0. The molecule has 0 aliphatic heterocycles. The molecule has 0 radical (unpaired) electrons. The lowest BCUT2D eigenvalue weighted by molar-refractivity contribution is -0.139. The summed E-state index contributed by atoms with van der Waals surface area (Å²) in [6, 6.07) is 7.91. The average Bonchev–Trinajstić information content (AvgIpc) is 2.66. The Kier molecular flexibility index (Phi) is 8.08. The monoisotopic (exact) mass is 395 g/mol. The number of nitrogens with zero attached hydrogens (tertiary/aromatic N) is 3. The molecule has 0 bridgehead atoms. The van der Waals surface area contributed by atoms with Crippen LogP contribution in [-0.2, 0) is 12.6 Å². The van der Waals surface area contributed by atoms with E-state index in [0.717, 1.165) is 37.6 Å². The van der Waals surface area contributed by atoms with E-state index in [1.165, 1.54) is 5.56 Å². The van der Waals surface area contributed by atoms with Crippen LogP contribution in [0.3, 0.4) is 0 Å². The van der Waals surface area contributed by atoms with E-state index in [-0.39, 0.29) is 12.6 Å². The molecular formula is C21H28F3N3O. The van der Waals surface area contributed by atoms with Crippen LogP contribution in [0.25, 0.3) is 0 Å². The second-order valence-corrected chi connectivity index (χ2v) is 6.61. The highest BCUT2D eigenvalue weighted by Gasteiger charge is 2.36. The third-order valence-corrected chi connectivity index (χ3v) is 4.35. The molecule has 0 unspecified atom stereocenters. The van der Waals surface area contributed by atoms with E-state index in [4.69, 9.17) is 4.74 Å². The molecular weight excluding hydrogens is 367 g/mol. The molecule has 0 atom stereocenters. The van der Waals surface area contributed by atoms with Crippen LogP contribution in [0.4, 0.5) is 24.8 Å². The second kappa shape index (κ2) is 10.3. The van der Waals surface area contributed by atoms with Gasteiger partial charge in [-0.1, -0.05) is 45.2 Å². The summed E-state index contributed by atoms with van der Waals surface area (Å²) in [6.45, 7) is 6.76. The van der Waals surface area contributed by atoms with Gasteiger partial charge in [0.1, 0.15) is 5.56 Å². The Balaban J connectivity index is 2.35. The van der Waals surface area contributed by atoms with Crippen LogP contribution in [0.2, 0.25) is 0 Å². The van der Waals surface area contributed by atoms with Crippen LogP contribution in [0, 0.1) is 0 Å². The number of aromatic nitrogens is 2. The lowest BCUT2D eigenvalue weighted by Gasteiger charge is -2.23. The molecule has 0 spiro atoms. The van der Waals surface area contributed by atoms with Gasteiger partial charge in [0.05, 0.1) is 6.61 Å². The number of alkyl halides is 3. The summed E-state index contributed by atoms with van der Waals surface area (Å²) < 4.78 is 45.4. The van der Waals surface area contributed by atoms with E-state index < -0.39 is 17.6 Å². The zero-order valence-corrected chi connectivity index (χ0v) is 16.7. The molecule has 2 rings (SSSR count). The Morgan fingerprint density at radius 2 is 1.86 bits per heavy atom. The van der Waals surface area contributed by atoms with E-state index in [1.54, 1.807) is 4.90 Å². The molecule has 0 N–H and O–H groups in total. The summed E-state index contributed by atoms with van der Waals surface area (Å²) in [6.07, 6.45) is 0.746. The highest BCUT2D eigenvalue weighted by molar-refractivity contribution is 5.58. The number of ether oxygens (including phenoxy) is 1. The minimum absolute atomic E-state index is 0.200. The highest BCUT2D eigenvalue weighted by atomic mass is 19.4. The van der Waals surface area contributed by atoms with Crippen molar-refractivity contribution in [3.8, 4) is 5.88 Å². The van der Waals surface area contributed by atoms with Gasteiger partial charge in [0.15, 0.2) is 0 Å². The Labute approximate surface area is 164 Å². The van der Waals surface area contributed by atoms with E-state index >= 15 is 0 Å². The smallest absolute Gasteiger partial charge is 0.423 e. The lowest BCUT2D eigenvalue weighted by atomic mass is 10.1. The van der Waals surface area contributed by atoms with Gasteiger partial charge < -0.3 is 9.64 Å². The molecule has 1 heterocycles. The third-order valence-electron chi connectivity index (χ3n) is 4.35. The van der Waals surface area contributed by atoms with Crippen molar-refractivity contribution in [3.63, 3.8) is 0 Å². The van der Waals surface area contributed by atoms with Crippen molar-refractivity contribution in [2.75, 3.05) is 18.1 Å². The number of hydrogen-bond acceptors (Lipinski definition) is 4. The molecule has 4 nitrogen and oxygen atoms in total. The fourth-order valence-electron chi connectivity index (χ4n) is 2.92. The fourth-order valence-corrected chi connectivity index (χ4v) is 2.92. The molecule has 1 aromatic heterocycles. The molecule has 0 fully saturated rings. The average molecular weight is 395 g/mol. The van der Waals surface area contributed by atoms with E-state index in [0.29, 0.717) is 13.0 Å². The number of halogens is 3. The quantitative estimate of drug-likeness (QED) is 0.451. The summed E-state index contributed by atoms with van der Waals surface area (Å²) in [5.74, 6) is -0.202. The normalized spacial score (nSPS) is 11.5. The number of aryl methyl sites for hydroxylation is 1. The first-order valence-corrected chi connectivity index (χ1v) is 9.84. The molecule has 7 heteroatoms. The van der Waals surface area contributed by atoms with Gasteiger partial charge in [-0.2, -0.15) is 18.2 Å². The molecule has 1 aromatic carbocycles. The van der Waals surface area contributed by atoms with Gasteiger partial charge in [0, 0.05) is 18.4 Å². The van der Waals surface area contributed by atoms with Crippen LogP contribution in [0.1, 0.15) is 57.6 Å². The Morgan fingerprint density at radius 3 is 2.50 bits per heavy atom. The summed E-state index contributed by atoms with van der Waals surface area (Å²) in [7, 11) is 0. The number of unbranched alkanes of at least 4 members (excludes halogenated alkanes) is 2. The maximum absolute atomic E-state index is 13.3. The minimum atomic E-state index is -4.56. The molecule has 154 valence electrons. The van der Waals surface area contributed by atoms with Crippen LogP contribution in [0.5, 0.6) is 5.88 Å². The van der Waals surface area contributed by atoms with Gasteiger partial charge >= 0.3 is 6.18 Å². The predicted molar refractivity (Wildman–Crippen MR) is 105 cm³/mol. The minimum Gasteiger partial charge on any atom is -0.477 e. The third kappa shape index (κ3) is 5.84. The van der Waals surface area contributed by atoms with Crippen LogP contribution in [-0.4, -0.2) is 23.1 Å². The van der Waals surface area contributed by atoms with Gasteiger partial charge in [-0.25, -0.2) is 4.98 Å². The van der Waals surface area contributed by atoms with Gasteiger partial charge in [-0.05, 0) is 37.5 Å². The topological polar surface area (TPSA) is 38.2 Å². The van der Waals surface area contributed by atoms with E-state index in [9.17, 15) is 13.2 Å². The Bertz CT molecular complexity index is 750. The Hall–Kier alpha value is -2.31. The van der Waals surface area contributed by atoms with Crippen LogP contribution >= 0.6 is 0 Å². The first kappa shape index (κ1) is 22.0. The largest absolute Gasteiger partial charge is 0.477 e. The van der Waals surface area contributed by atoms with Crippen molar-refractivity contribution in [2.24, 2.45) is 0 Å². The molecule has 28 heavy (non-hydrogen) atoms. The number of rotatable bonds is 10. The van der Waals surface area contributed by atoms with E-state index in [2.05, 4.69) is 16.9 Å². The summed E-state index contributed by atoms with van der Waals surface area (Å²) in [5, 5.41) is 0. The predicted octanol–water partition coefficient (Wildman–Crippen LogP) is 6.17. The van der Waals surface area contributed by atoms with Gasteiger partial charge in [0.25, 0.3) is 0 Å². The van der Waals surface area contributed by atoms with Crippen molar-refractivity contribution >= 4 is 11.6 Å². The zero-order chi connectivity index (χ0) is 20.6. The van der Waals surface area contributed by atoms with Gasteiger partial charge in [0.2, 0.25) is 11.8 Å². The maximum atomic E-state index is 13.3. The fraction of sp³-hybridized carbons (Fsp3) is 0.524.